The van der Waals surface area contributed by atoms with E-state index >= 15 is 0 Å². The molecule has 0 aliphatic rings. The fourth-order valence-electron chi connectivity index (χ4n) is 1.06. The Balaban J connectivity index is 2.52. The van der Waals surface area contributed by atoms with Crippen LogP contribution in [0.3, 0.4) is 0 Å². The lowest BCUT2D eigenvalue weighted by Gasteiger charge is -1.93. The molecule has 2 aromatic heterocycles. The molecule has 1 N–H and O–H groups in total. The van der Waals surface area contributed by atoms with Crippen molar-refractivity contribution in [2.45, 2.75) is 0 Å². The van der Waals surface area contributed by atoms with Crippen LogP contribution in [0.4, 0.5) is 0 Å². The van der Waals surface area contributed by atoms with Crippen LogP contribution in [0, 0.1) is 4.51 Å². The maximum atomic E-state index is 5.03. The second-order valence-electron chi connectivity index (χ2n) is 2.66. The minimum absolute atomic E-state index is 0.791. The van der Waals surface area contributed by atoms with E-state index in [0.717, 1.165) is 15.9 Å². The van der Waals surface area contributed by atoms with Crippen molar-refractivity contribution in [1.29, 1.82) is 0 Å². The van der Waals surface area contributed by atoms with E-state index in [4.69, 9.17) is 12.2 Å². The predicted octanol–water partition coefficient (Wildman–Crippen LogP) is 1.54. The van der Waals surface area contributed by atoms with Crippen molar-refractivity contribution in [1.82, 2.24) is 20.0 Å². The molecule has 0 aromatic carbocycles. The minimum Gasteiger partial charge on any atom is -0.360 e. The molecule has 0 spiro atoms. The second kappa shape index (κ2) is 3.10. The smallest absolute Gasteiger partial charge is 0.129 e. The Morgan fingerprint density at radius 2 is 2.38 bits per heavy atom. The summed E-state index contributed by atoms with van der Waals surface area (Å²) in [6.07, 6.45) is 3.49. The Kier molecular flexibility index (Phi) is 1.94. The number of rotatable bonds is 1. The molecule has 2 rings (SSSR count). The van der Waals surface area contributed by atoms with Crippen LogP contribution in [-0.4, -0.2) is 20.0 Å². The number of hydrogen-bond acceptors (Lipinski definition) is 3. The summed E-state index contributed by atoms with van der Waals surface area (Å²) >= 11 is 5.03. The largest absolute Gasteiger partial charge is 0.360 e. The second-order valence-corrected chi connectivity index (χ2v) is 3.13. The van der Waals surface area contributed by atoms with Crippen molar-refractivity contribution in [2.75, 3.05) is 0 Å². The van der Waals surface area contributed by atoms with Gasteiger partial charge in [0.15, 0.2) is 0 Å². The third-order valence-corrected chi connectivity index (χ3v) is 1.90. The molecule has 4 nitrogen and oxygen atoms in total. The lowest BCUT2D eigenvalue weighted by atomic mass is 10.3. The van der Waals surface area contributed by atoms with Gasteiger partial charge in [-0.05, 0) is 12.1 Å². The van der Waals surface area contributed by atoms with Crippen LogP contribution in [-0.2, 0) is 7.05 Å². The van der Waals surface area contributed by atoms with Crippen molar-refractivity contribution in [3.8, 4) is 11.4 Å². The van der Waals surface area contributed by atoms with Crippen molar-refractivity contribution < 1.29 is 0 Å². The lowest BCUT2D eigenvalue weighted by Crippen LogP contribution is -1.92. The zero-order valence-corrected chi connectivity index (χ0v) is 7.88. The number of pyridine rings is 1. The van der Waals surface area contributed by atoms with Crippen LogP contribution in [0.1, 0.15) is 0 Å². The first-order valence-corrected chi connectivity index (χ1v) is 4.22. The van der Waals surface area contributed by atoms with E-state index in [1.807, 2.05) is 12.1 Å². The summed E-state index contributed by atoms with van der Waals surface area (Å²) in [5, 5.41) is 8.12. The maximum Gasteiger partial charge on any atom is 0.129 e. The zero-order valence-electron chi connectivity index (χ0n) is 7.06. The Bertz CT molecular complexity index is 471. The number of nitrogens with one attached hydrogen (secondary N) is 1. The van der Waals surface area contributed by atoms with Crippen LogP contribution < -0.4 is 0 Å². The van der Waals surface area contributed by atoms with Gasteiger partial charge in [-0.15, -0.1) is 0 Å². The maximum absolute atomic E-state index is 5.03. The van der Waals surface area contributed by atoms with E-state index in [9.17, 15) is 0 Å². The van der Waals surface area contributed by atoms with Gasteiger partial charge in [-0.25, -0.2) is 0 Å². The van der Waals surface area contributed by atoms with Gasteiger partial charge in [0, 0.05) is 17.8 Å². The highest BCUT2D eigenvalue weighted by atomic mass is 32.1. The summed E-state index contributed by atoms with van der Waals surface area (Å²) in [5.74, 6) is 0. The Morgan fingerprint density at radius 3 is 3.00 bits per heavy atom. The van der Waals surface area contributed by atoms with E-state index in [-0.39, 0.29) is 0 Å². The van der Waals surface area contributed by atoms with Gasteiger partial charge in [0.1, 0.15) is 5.69 Å². The molecule has 0 radical (unpaired) electrons. The van der Waals surface area contributed by atoms with Gasteiger partial charge in [-0.2, -0.15) is 15.0 Å². The number of aryl methyl sites for hydroxylation is 1. The fourth-order valence-corrected chi connectivity index (χ4v) is 1.25. The van der Waals surface area contributed by atoms with Crippen LogP contribution >= 0.6 is 12.2 Å². The molecule has 0 unspecified atom stereocenters. The summed E-state index contributed by atoms with van der Waals surface area (Å²) in [4.78, 5) is 4.57. The zero-order chi connectivity index (χ0) is 9.26. The summed E-state index contributed by atoms with van der Waals surface area (Å²) in [7, 11) is 1.78. The lowest BCUT2D eigenvalue weighted by molar-refractivity contribution is 0.655. The molecule has 5 heteroatoms. The Morgan fingerprint density at radius 1 is 1.54 bits per heavy atom. The summed E-state index contributed by atoms with van der Waals surface area (Å²) in [5.41, 5.74) is 1.69. The van der Waals surface area contributed by atoms with Gasteiger partial charge >= 0.3 is 0 Å². The highest BCUT2D eigenvalue weighted by Crippen LogP contribution is 2.11. The van der Waals surface area contributed by atoms with Gasteiger partial charge in [-0.3, -0.25) is 0 Å². The summed E-state index contributed by atoms with van der Waals surface area (Å²) < 4.78 is 0.791. The van der Waals surface area contributed by atoms with Crippen LogP contribution in [0.15, 0.2) is 24.5 Å². The molecule has 66 valence electrons. The van der Waals surface area contributed by atoms with Crippen molar-refractivity contribution in [3.05, 3.63) is 29.0 Å². The first-order chi connectivity index (χ1) is 6.25. The Hall–Kier alpha value is -1.49. The van der Waals surface area contributed by atoms with E-state index in [1.54, 1.807) is 19.4 Å². The molecule has 13 heavy (non-hydrogen) atoms. The average molecular weight is 192 g/mol. The summed E-state index contributed by atoms with van der Waals surface area (Å²) in [6, 6.07) is 3.69. The van der Waals surface area contributed by atoms with Crippen molar-refractivity contribution in [3.63, 3.8) is 0 Å². The van der Waals surface area contributed by atoms with Crippen molar-refractivity contribution >= 4 is 12.2 Å². The fraction of sp³-hybridized carbons (Fsp3) is 0.125. The molecular weight excluding hydrogens is 184 g/mol. The molecule has 0 aliphatic heterocycles. The molecule has 0 atom stereocenters. The molecule has 0 bridgehead atoms. The predicted molar refractivity (Wildman–Crippen MR) is 51.6 cm³/mol. The van der Waals surface area contributed by atoms with E-state index < -0.39 is 0 Å². The Labute approximate surface area is 80.2 Å². The number of aromatic amines is 1. The number of nitrogens with zero attached hydrogens (tertiary/aromatic N) is 3. The van der Waals surface area contributed by atoms with Crippen LogP contribution in [0.2, 0.25) is 0 Å². The van der Waals surface area contributed by atoms with Crippen molar-refractivity contribution in [2.24, 2.45) is 7.05 Å². The number of aromatic nitrogens is 4. The molecule has 2 aromatic rings. The van der Waals surface area contributed by atoms with E-state index in [2.05, 4.69) is 15.2 Å². The number of hydrogen-bond donors (Lipinski definition) is 1. The molecule has 0 aliphatic carbocycles. The van der Waals surface area contributed by atoms with Crippen LogP contribution in [0.25, 0.3) is 11.4 Å². The highest BCUT2D eigenvalue weighted by molar-refractivity contribution is 7.71. The minimum atomic E-state index is 0.791. The normalized spacial score (nSPS) is 10.2. The van der Waals surface area contributed by atoms with Crippen LogP contribution in [0.5, 0.6) is 0 Å². The summed E-state index contributed by atoms with van der Waals surface area (Å²) in [6.45, 7) is 0. The molecular formula is C8H8N4S. The highest BCUT2D eigenvalue weighted by Gasteiger charge is 2.00. The van der Waals surface area contributed by atoms with Gasteiger partial charge in [0.05, 0.1) is 11.9 Å². The van der Waals surface area contributed by atoms with Gasteiger partial charge < -0.3 is 4.98 Å². The topological polar surface area (TPSA) is 46.5 Å². The van der Waals surface area contributed by atoms with E-state index in [0.29, 0.717) is 0 Å². The van der Waals surface area contributed by atoms with Gasteiger partial charge in [0.2, 0.25) is 0 Å². The first-order valence-electron chi connectivity index (χ1n) is 3.81. The molecule has 2 heterocycles. The molecule has 0 saturated carbocycles. The third kappa shape index (κ3) is 1.65. The first kappa shape index (κ1) is 8.12. The monoisotopic (exact) mass is 192 g/mol. The third-order valence-electron chi connectivity index (χ3n) is 1.65. The molecule has 0 saturated heterocycles. The van der Waals surface area contributed by atoms with E-state index in [1.165, 1.54) is 4.80 Å². The SMILES string of the molecule is Cn1ncc(-c2cc(=S)cc[nH]2)n1. The van der Waals surface area contributed by atoms with Gasteiger partial charge in [-0.1, -0.05) is 12.2 Å². The number of H-pyrrole nitrogens is 1. The quantitative estimate of drug-likeness (QED) is 0.697. The molecule has 0 amide bonds. The molecule has 0 fully saturated rings. The standard InChI is InChI=1S/C8H8N4S/c1-12-10-5-8(11-12)7-4-6(13)2-3-9-7/h2-5H,1H3,(H,9,13). The van der Waals surface area contributed by atoms with Gasteiger partial charge in [0.25, 0.3) is 0 Å². The average Bonchev–Trinajstić information content (AvgIpc) is 2.52.